The number of nitrogens with two attached hydrogens (primary N) is 1. The van der Waals surface area contributed by atoms with Crippen LogP contribution >= 0.6 is 0 Å². The van der Waals surface area contributed by atoms with Crippen molar-refractivity contribution < 1.29 is 9.53 Å². The minimum Gasteiger partial charge on any atom is -0.397 e. The van der Waals surface area contributed by atoms with E-state index in [4.69, 9.17) is 10.5 Å². The molecule has 0 aliphatic carbocycles. The summed E-state index contributed by atoms with van der Waals surface area (Å²) in [5, 5.41) is 3.03. The Morgan fingerprint density at radius 2 is 2.25 bits per heavy atom. The predicted octanol–water partition coefficient (Wildman–Crippen LogP) is 1.49. The number of hydrogen-bond donors (Lipinski definition) is 2. The van der Waals surface area contributed by atoms with Gasteiger partial charge in [0.2, 0.25) is 0 Å². The Morgan fingerprint density at radius 1 is 1.50 bits per heavy atom. The first-order valence-corrected chi connectivity index (χ1v) is 6.94. The van der Waals surface area contributed by atoms with Crippen molar-refractivity contribution >= 4 is 17.3 Å². The summed E-state index contributed by atoms with van der Waals surface area (Å²) >= 11 is 0. The molecule has 0 bridgehead atoms. The molecule has 5 nitrogen and oxygen atoms in total. The minimum atomic E-state index is -0.0820. The van der Waals surface area contributed by atoms with Crippen LogP contribution in [0.5, 0.6) is 0 Å². The number of nitrogens with one attached hydrogen (secondary N) is 1. The molecule has 110 valence electrons. The van der Waals surface area contributed by atoms with Crippen molar-refractivity contribution in [1.29, 1.82) is 0 Å². The maximum Gasteiger partial charge on any atom is 0.251 e. The molecule has 1 amide bonds. The Morgan fingerprint density at radius 3 is 2.80 bits per heavy atom. The number of hydrogen-bond acceptors (Lipinski definition) is 4. The van der Waals surface area contributed by atoms with Crippen LogP contribution in [0.2, 0.25) is 0 Å². The largest absolute Gasteiger partial charge is 0.397 e. The Bertz CT molecular complexity index is 482. The van der Waals surface area contributed by atoms with Gasteiger partial charge < -0.3 is 20.7 Å². The van der Waals surface area contributed by atoms with Gasteiger partial charge in [0, 0.05) is 38.2 Å². The van der Waals surface area contributed by atoms with Crippen LogP contribution in [0.15, 0.2) is 18.2 Å². The molecular formula is C15H23N3O2. The van der Waals surface area contributed by atoms with Gasteiger partial charge in [-0.1, -0.05) is 0 Å². The number of anilines is 2. The summed E-state index contributed by atoms with van der Waals surface area (Å²) in [5.41, 5.74) is 8.09. The first-order chi connectivity index (χ1) is 9.49. The number of amides is 1. The number of rotatable bonds is 4. The molecule has 0 saturated carbocycles. The highest BCUT2D eigenvalue weighted by atomic mass is 16.5. The van der Waals surface area contributed by atoms with Crippen molar-refractivity contribution in [2.24, 2.45) is 5.92 Å². The summed E-state index contributed by atoms with van der Waals surface area (Å²) < 4.78 is 5.35. The molecule has 0 spiro atoms. The SMILES string of the molecule is CC(NC(=O)c1ccc(N(C)C)c(N)c1)C1CCOC1. The molecule has 0 radical (unpaired) electrons. The molecule has 2 rings (SSSR count). The quantitative estimate of drug-likeness (QED) is 0.818. The molecular weight excluding hydrogens is 254 g/mol. The lowest BCUT2D eigenvalue weighted by atomic mass is 10.0. The Balaban J connectivity index is 2.03. The Kier molecular flexibility index (Phi) is 4.49. The zero-order chi connectivity index (χ0) is 14.7. The van der Waals surface area contributed by atoms with E-state index in [0.29, 0.717) is 17.2 Å². The molecule has 1 aromatic carbocycles. The summed E-state index contributed by atoms with van der Waals surface area (Å²) in [5.74, 6) is 0.318. The van der Waals surface area contributed by atoms with Crippen molar-refractivity contribution in [1.82, 2.24) is 5.32 Å². The van der Waals surface area contributed by atoms with Crippen LogP contribution in [-0.2, 0) is 4.74 Å². The molecule has 1 saturated heterocycles. The number of nitrogens with zero attached hydrogens (tertiary/aromatic N) is 1. The van der Waals surface area contributed by atoms with Gasteiger partial charge in [-0.25, -0.2) is 0 Å². The van der Waals surface area contributed by atoms with Crippen LogP contribution in [0.3, 0.4) is 0 Å². The zero-order valence-electron chi connectivity index (χ0n) is 12.3. The number of benzene rings is 1. The van der Waals surface area contributed by atoms with Gasteiger partial charge in [-0.2, -0.15) is 0 Å². The molecule has 1 fully saturated rings. The second-order valence-corrected chi connectivity index (χ2v) is 5.55. The third-order valence-electron chi connectivity index (χ3n) is 3.80. The zero-order valence-corrected chi connectivity index (χ0v) is 12.3. The fraction of sp³-hybridized carbons (Fsp3) is 0.533. The molecule has 20 heavy (non-hydrogen) atoms. The lowest BCUT2D eigenvalue weighted by Crippen LogP contribution is -2.38. The third-order valence-corrected chi connectivity index (χ3v) is 3.80. The van der Waals surface area contributed by atoms with Gasteiger partial charge in [0.05, 0.1) is 18.0 Å². The van der Waals surface area contributed by atoms with E-state index < -0.39 is 0 Å². The highest BCUT2D eigenvalue weighted by Gasteiger charge is 2.24. The average molecular weight is 277 g/mol. The van der Waals surface area contributed by atoms with Crippen LogP contribution < -0.4 is 16.0 Å². The Labute approximate surface area is 120 Å². The summed E-state index contributed by atoms with van der Waals surface area (Å²) in [6, 6.07) is 5.51. The standard InChI is InChI=1S/C15H23N3O2/c1-10(12-6-7-20-9-12)17-15(19)11-4-5-14(18(2)3)13(16)8-11/h4-5,8,10,12H,6-7,9,16H2,1-3H3,(H,17,19). The van der Waals surface area contributed by atoms with E-state index in [1.165, 1.54) is 0 Å². The molecule has 5 heteroatoms. The van der Waals surface area contributed by atoms with Crippen molar-refractivity contribution in [3.05, 3.63) is 23.8 Å². The van der Waals surface area contributed by atoms with E-state index in [-0.39, 0.29) is 11.9 Å². The summed E-state index contributed by atoms with van der Waals surface area (Å²) in [4.78, 5) is 14.2. The van der Waals surface area contributed by atoms with Crippen LogP contribution in [0, 0.1) is 5.92 Å². The third kappa shape index (κ3) is 3.22. The van der Waals surface area contributed by atoms with Gasteiger partial charge in [-0.05, 0) is 31.5 Å². The lowest BCUT2D eigenvalue weighted by molar-refractivity contribution is 0.0922. The maximum atomic E-state index is 12.2. The second kappa shape index (κ2) is 6.13. The number of carbonyl (C=O) groups is 1. The Hall–Kier alpha value is -1.75. The summed E-state index contributed by atoms with van der Waals surface area (Å²) in [6.45, 7) is 3.54. The second-order valence-electron chi connectivity index (χ2n) is 5.55. The van der Waals surface area contributed by atoms with Crippen molar-refractivity contribution in [2.45, 2.75) is 19.4 Å². The smallest absolute Gasteiger partial charge is 0.251 e. The fourth-order valence-corrected chi connectivity index (χ4v) is 2.46. The molecule has 1 aliphatic heterocycles. The average Bonchev–Trinajstić information content (AvgIpc) is 2.91. The van der Waals surface area contributed by atoms with E-state index in [1.807, 2.05) is 32.0 Å². The van der Waals surface area contributed by atoms with Gasteiger partial charge in [-0.3, -0.25) is 4.79 Å². The molecule has 2 atom stereocenters. The highest BCUT2D eigenvalue weighted by Crippen LogP contribution is 2.23. The van der Waals surface area contributed by atoms with E-state index >= 15 is 0 Å². The minimum absolute atomic E-state index is 0.0820. The van der Waals surface area contributed by atoms with Gasteiger partial charge in [0.1, 0.15) is 0 Å². The first kappa shape index (κ1) is 14.7. The van der Waals surface area contributed by atoms with E-state index in [1.54, 1.807) is 12.1 Å². The maximum absolute atomic E-state index is 12.2. The van der Waals surface area contributed by atoms with Crippen molar-refractivity contribution in [2.75, 3.05) is 37.9 Å². The van der Waals surface area contributed by atoms with Crippen molar-refractivity contribution in [3.63, 3.8) is 0 Å². The normalized spacial score (nSPS) is 19.6. The van der Waals surface area contributed by atoms with Gasteiger partial charge in [0.15, 0.2) is 0 Å². The van der Waals surface area contributed by atoms with Gasteiger partial charge >= 0.3 is 0 Å². The van der Waals surface area contributed by atoms with Gasteiger partial charge in [-0.15, -0.1) is 0 Å². The molecule has 3 N–H and O–H groups in total. The molecule has 2 unspecified atom stereocenters. The van der Waals surface area contributed by atoms with Crippen LogP contribution in [0.4, 0.5) is 11.4 Å². The first-order valence-electron chi connectivity index (χ1n) is 6.94. The molecule has 1 aromatic rings. The van der Waals surface area contributed by atoms with E-state index in [9.17, 15) is 4.79 Å². The topological polar surface area (TPSA) is 67.6 Å². The molecule has 1 aliphatic rings. The monoisotopic (exact) mass is 277 g/mol. The van der Waals surface area contributed by atoms with Crippen molar-refractivity contribution in [3.8, 4) is 0 Å². The fourth-order valence-electron chi connectivity index (χ4n) is 2.46. The number of nitrogen functional groups attached to an aromatic ring is 1. The van der Waals surface area contributed by atoms with Crippen LogP contribution in [0.25, 0.3) is 0 Å². The van der Waals surface area contributed by atoms with E-state index in [2.05, 4.69) is 5.32 Å². The van der Waals surface area contributed by atoms with Crippen LogP contribution in [-0.4, -0.2) is 39.3 Å². The molecule has 1 heterocycles. The van der Waals surface area contributed by atoms with Crippen LogP contribution in [0.1, 0.15) is 23.7 Å². The number of ether oxygens (including phenoxy) is 1. The predicted molar refractivity (Wildman–Crippen MR) is 81.0 cm³/mol. The lowest BCUT2D eigenvalue weighted by Gasteiger charge is -2.20. The molecule has 0 aromatic heterocycles. The summed E-state index contributed by atoms with van der Waals surface area (Å²) in [7, 11) is 3.85. The van der Waals surface area contributed by atoms with Gasteiger partial charge in [0.25, 0.3) is 5.91 Å². The highest BCUT2D eigenvalue weighted by molar-refractivity contribution is 5.96. The van der Waals surface area contributed by atoms with E-state index in [0.717, 1.165) is 25.3 Å². The summed E-state index contributed by atoms with van der Waals surface area (Å²) in [6.07, 6.45) is 1.00. The number of carbonyl (C=O) groups excluding carboxylic acids is 1.